The standard InChI is InChI=1S/C22H17ClF3NO3S/c1-14-2-5-16(12-27-14)21(28)20-10-18(23)7-6-17(20)13-31(29,30)19-8-3-15(4-9-19)11-22(24,25)26/h2-10,12H,11,13H2,1H3. The first-order valence-electron chi connectivity index (χ1n) is 9.09. The summed E-state index contributed by atoms with van der Waals surface area (Å²) < 4.78 is 63.3. The van der Waals surface area contributed by atoms with Crippen molar-refractivity contribution in [1.82, 2.24) is 4.98 Å². The first kappa shape index (κ1) is 23.0. The Labute approximate surface area is 182 Å². The monoisotopic (exact) mass is 467 g/mol. The molecular formula is C22H17ClF3NO3S. The lowest BCUT2D eigenvalue weighted by molar-refractivity contribution is -0.127. The Morgan fingerprint density at radius 3 is 2.29 bits per heavy atom. The van der Waals surface area contributed by atoms with Crippen molar-refractivity contribution in [3.63, 3.8) is 0 Å². The summed E-state index contributed by atoms with van der Waals surface area (Å²) >= 11 is 6.02. The van der Waals surface area contributed by atoms with E-state index in [1.165, 1.54) is 24.4 Å². The molecule has 0 aliphatic carbocycles. The lowest BCUT2D eigenvalue weighted by atomic mass is 10.00. The summed E-state index contributed by atoms with van der Waals surface area (Å²) in [6.45, 7) is 1.77. The van der Waals surface area contributed by atoms with Gasteiger partial charge in [-0.1, -0.05) is 29.8 Å². The van der Waals surface area contributed by atoms with Gasteiger partial charge in [-0.2, -0.15) is 13.2 Å². The van der Waals surface area contributed by atoms with Crippen LogP contribution in [-0.2, 0) is 22.0 Å². The van der Waals surface area contributed by atoms with Crippen LogP contribution >= 0.6 is 11.6 Å². The van der Waals surface area contributed by atoms with Crippen LogP contribution in [-0.4, -0.2) is 25.4 Å². The van der Waals surface area contributed by atoms with Gasteiger partial charge in [0.15, 0.2) is 15.6 Å². The van der Waals surface area contributed by atoms with Crippen molar-refractivity contribution in [2.75, 3.05) is 0 Å². The Morgan fingerprint density at radius 2 is 1.71 bits per heavy atom. The molecule has 0 bridgehead atoms. The first-order valence-corrected chi connectivity index (χ1v) is 11.1. The molecule has 0 saturated carbocycles. The molecule has 0 unspecified atom stereocenters. The van der Waals surface area contributed by atoms with Crippen LogP contribution in [0.5, 0.6) is 0 Å². The number of nitrogens with zero attached hydrogens (tertiary/aromatic N) is 1. The quantitative estimate of drug-likeness (QED) is 0.458. The van der Waals surface area contributed by atoms with Gasteiger partial charge in [-0.3, -0.25) is 9.78 Å². The second-order valence-electron chi connectivity index (χ2n) is 7.01. The Hall–Kier alpha value is -2.71. The molecule has 1 heterocycles. The molecule has 3 rings (SSSR count). The van der Waals surface area contributed by atoms with Gasteiger partial charge in [-0.05, 0) is 54.4 Å². The minimum Gasteiger partial charge on any atom is -0.289 e. The largest absolute Gasteiger partial charge is 0.393 e. The van der Waals surface area contributed by atoms with Gasteiger partial charge in [-0.15, -0.1) is 0 Å². The third-order valence-corrected chi connectivity index (χ3v) is 6.44. The van der Waals surface area contributed by atoms with Gasteiger partial charge in [-0.25, -0.2) is 8.42 Å². The van der Waals surface area contributed by atoms with Crippen molar-refractivity contribution >= 4 is 27.2 Å². The van der Waals surface area contributed by atoms with Crippen molar-refractivity contribution in [3.05, 3.63) is 93.8 Å². The van der Waals surface area contributed by atoms with Crippen molar-refractivity contribution < 1.29 is 26.4 Å². The number of aromatic nitrogens is 1. The van der Waals surface area contributed by atoms with E-state index in [4.69, 9.17) is 11.6 Å². The number of halogens is 4. The molecule has 0 aliphatic rings. The lowest BCUT2D eigenvalue weighted by Gasteiger charge is -2.11. The van der Waals surface area contributed by atoms with Crippen LogP contribution in [0.15, 0.2) is 65.7 Å². The molecule has 3 aromatic rings. The zero-order valence-corrected chi connectivity index (χ0v) is 17.9. The predicted octanol–water partition coefficient (Wildman–Crippen LogP) is 5.35. The van der Waals surface area contributed by atoms with E-state index in [-0.39, 0.29) is 32.2 Å². The molecule has 4 nitrogen and oxygen atoms in total. The van der Waals surface area contributed by atoms with Crippen LogP contribution in [0.1, 0.15) is 32.7 Å². The van der Waals surface area contributed by atoms with Crippen LogP contribution in [0.3, 0.4) is 0 Å². The van der Waals surface area contributed by atoms with E-state index in [1.807, 2.05) is 0 Å². The number of hydrogen-bond donors (Lipinski definition) is 0. The number of rotatable bonds is 6. The number of pyridine rings is 1. The smallest absolute Gasteiger partial charge is 0.289 e. The number of sulfone groups is 1. The maximum Gasteiger partial charge on any atom is 0.393 e. The maximum absolute atomic E-state index is 12.9. The van der Waals surface area contributed by atoms with E-state index in [0.717, 1.165) is 30.0 Å². The minimum absolute atomic E-state index is 0.0410. The van der Waals surface area contributed by atoms with Gasteiger partial charge in [0.05, 0.1) is 17.1 Å². The normalized spacial score (nSPS) is 12.0. The van der Waals surface area contributed by atoms with Crippen molar-refractivity contribution in [1.29, 1.82) is 0 Å². The first-order chi connectivity index (χ1) is 14.4. The van der Waals surface area contributed by atoms with Crippen LogP contribution in [0.25, 0.3) is 0 Å². The van der Waals surface area contributed by atoms with Crippen LogP contribution in [0, 0.1) is 6.92 Å². The fourth-order valence-electron chi connectivity index (χ4n) is 2.98. The number of benzene rings is 2. The average molecular weight is 468 g/mol. The summed E-state index contributed by atoms with van der Waals surface area (Å²) in [4.78, 5) is 16.9. The molecular weight excluding hydrogens is 451 g/mol. The Kier molecular flexibility index (Phi) is 6.52. The number of carbonyl (C=O) groups is 1. The molecule has 162 valence electrons. The van der Waals surface area contributed by atoms with Crippen LogP contribution in [0.2, 0.25) is 5.02 Å². The summed E-state index contributed by atoms with van der Waals surface area (Å²) in [6, 6.07) is 12.1. The molecule has 0 saturated heterocycles. The molecule has 31 heavy (non-hydrogen) atoms. The van der Waals surface area contributed by atoms with E-state index < -0.39 is 34.0 Å². The summed E-state index contributed by atoms with van der Waals surface area (Å²) in [5.74, 6) is -0.941. The highest BCUT2D eigenvalue weighted by Gasteiger charge is 2.28. The van der Waals surface area contributed by atoms with Gasteiger partial charge in [0, 0.05) is 28.0 Å². The summed E-state index contributed by atoms with van der Waals surface area (Å²) in [5, 5.41) is 0.265. The summed E-state index contributed by atoms with van der Waals surface area (Å²) in [7, 11) is -3.92. The Bertz CT molecular complexity index is 1210. The second-order valence-corrected chi connectivity index (χ2v) is 9.44. The van der Waals surface area contributed by atoms with Crippen LogP contribution < -0.4 is 0 Å². The van der Waals surface area contributed by atoms with Gasteiger partial charge in [0.2, 0.25) is 0 Å². The van der Waals surface area contributed by atoms with E-state index in [9.17, 15) is 26.4 Å². The van der Waals surface area contributed by atoms with E-state index >= 15 is 0 Å². The van der Waals surface area contributed by atoms with E-state index in [2.05, 4.69) is 4.98 Å². The summed E-state index contributed by atoms with van der Waals surface area (Å²) in [5.41, 5.74) is 1.31. The third-order valence-electron chi connectivity index (χ3n) is 4.52. The van der Waals surface area contributed by atoms with Crippen molar-refractivity contribution in [2.24, 2.45) is 0 Å². The molecule has 0 radical (unpaired) electrons. The topological polar surface area (TPSA) is 64.1 Å². The van der Waals surface area contributed by atoms with Gasteiger partial charge < -0.3 is 0 Å². The molecule has 0 spiro atoms. The lowest BCUT2D eigenvalue weighted by Crippen LogP contribution is -2.13. The van der Waals surface area contributed by atoms with Gasteiger partial charge >= 0.3 is 6.18 Å². The second kappa shape index (κ2) is 8.80. The molecule has 9 heteroatoms. The zero-order chi connectivity index (χ0) is 22.8. The molecule has 1 aromatic heterocycles. The minimum atomic E-state index is -4.39. The fraction of sp³-hybridized carbons (Fsp3) is 0.182. The molecule has 2 aromatic carbocycles. The fourth-order valence-corrected chi connectivity index (χ4v) is 4.53. The third kappa shape index (κ3) is 5.92. The number of hydrogen-bond acceptors (Lipinski definition) is 4. The Balaban J connectivity index is 1.91. The van der Waals surface area contributed by atoms with Crippen molar-refractivity contribution in [3.8, 4) is 0 Å². The Morgan fingerprint density at radius 1 is 1.03 bits per heavy atom. The van der Waals surface area contributed by atoms with E-state index in [1.54, 1.807) is 19.1 Å². The molecule has 0 fully saturated rings. The number of carbonyl (C=O) groups excluding carboxylic acids is 1. The average Bonchev–Trinajstić information content (AvgIpc) is 2.68. The number of ketones is 1. The molecule has 0 atom stereocenters. The molecule has 0 N–H and O–H groups in total. The zero-order valence-electron chi connectivity index (χ0n) is 16.3. The SMILES string of the molecule is Cc1ccc(C(=O)c2cc(Cl)ccc2CS(=O)(=O)c2ccc(CC(F)(F)F)cc2)cn1. The van der Waals surface area contributed by atoms with Crippen LogP contribution in [0.4, 0.5) is 13.2 Å². The maximum atomic E-state index is 12.9. The summed E-state index contributed by atoms with van der Waals surface area (Å²) in [6.07, 6.45) is -4.13. The predicted molar refractivity (Wildman–Crippen MR) is 111 cm³/mol. The molecule has 0 amide bonds. The van der Waals surface area contributed by atoms with E-state index in [0.29, 0.717) is 0 Å². The number of aryl methyl sites for hydroxylation is 1. The van der Waals surface area contributed by atoms with Gasteiger partial charge in [0.25, 0.3) is 0 Å². The number of alkyl halides is 3. The highest BCUT2D eigenvalue weighted by molar-refractivity contribution is 7.90. The molecule has 0 aliphatic heterocycles. The highest BCUT2D eigenvalue weighted by Crippen LogP contribution is 2.26. The van der Waals surface area contributed by atoms with Crippen molar-refractivity contribution in [2.45, 2.75) is 30.2 Å². The highest BCUT2D eigenvalue weighted by atomic mass is 35.5. The van der Waals surface area contributed by atoms with Gasteiger partial charge in [0.1, 0.15) is 0 Å².